The second-order valence-electron chi connectivity index (χ2n) is 16.2. The third kappa shape index (κ3) is 13.2. The Morgan fingerprint density at radius 3 is 1.50 bits per heavy atom. The van der Waals surface area contributed by atoms with Crippen LogP contribution in [0.2, 0.25) is 13.3 Å². The van der Waals surface area contributed by atoms with Crippen molar-refractivity contribution in [3.63, 3.8) is 0 Å². The Bertz CT molecular complexity index is 2290. The molecule has 0 fully saturated rings. The molecule has 0 aliphatic heterocycles. The molecule has 4 heterocycles. The van der Waals surface area contributed by atoms with Gasteiger partial charge in [0.15, 0.2) is 0 Å². The van der Waals surface area contributed by atoms with Gasteiger partial charge >= 0.3 is 135 Å². The van der Waals surface area contributed by atoms with Crippen LogP contribution in [0.4, 0.5) is 0 Å². The van der Waals surface area contributed by atoms with E-state index in [1.165, 1.54) is 66.1 Å². The number of ether oxygens (including phenoxy) is 2. The number of nitrogens with zero attached hydrogens (tertiary/aromatic N) is 6. The number of carbonyl (C=O) groups is 2. The smallest absolute Gasteiger partial charge is 0.338 e. The summed E-state index contributed by atoms with van der Waals surface area (Å²) in [7, 11) is 2.81. The average Bonchev–Trinajstić information content (AvgIpc) is 3.79. The fourth-order valence-corrected chi connectivity index (χ4v) is 24.2. The summed E-state index contributed by atoms with van der Waals surface area (Å²) in [5.74, 6) is -0.630. The average molecular weight is 1020 g/mol. The number of hydrogen-bond acceptors (Lipinski definition) is 8. The van der Waals surface area contributed by atoms with E-state index in [4.69, 9.17) is 9.47 Å². The molecule has 2 aromatic carbocycles. The molecule has 6 rings (SSSR count). The zero-order valence-electron chi connectivity index (χ0n) is 37.6. The molecule has 0 radical (unpaired) electrons. The van der Waals surface area contributed by atoms with Crippen LogP contribution in [0, 0.1) is 13.8 Å². The molecule has 6 aromatic rings. The van der Waals surface area contributed by atoms with Crippen LogP contribution in [-0.4, -0.2) is 74.1 Å². The van der Waals surface area contributed by atoms with E-state index in [2.05, 4.69) is 125 Å². The summed E-state index contributed by atoms with van der Waals surface area (Å²) < 4.78 is 21.2. The van der Waals surface area contributed by atoms with Crippen LogP contribution >= 0.6 is 15.9 Å². The molecular weight excluding hydrogens is 947 g/mol. The molecule has 0 unspecified atom stereocenters. The maximum Gasteiger partial charge on any atom is 0.338 e. The number of carbonyl (C=O) groups excluding carboxylic acids is 2. The van der Waals surface area contributed by atoms with Crippen molar-refractivity contribution >= 4 is 71.6 Å². The molecule has 0 aliphatic carbocycles. The van der Waals surface area contributed by atoms with Crippen molar-refractivity contribution < 1.29 is 19.1 Å². The maximum absolute atomic E-state index is 12.3. The quantitative estimate of drug-likeness (QED) is 0.0738. The van der Waals surface area contributed by atoms with E-state index >= 15 is 0 Å². The Morgan fingerprint density at radius 2 is 1.10 bits per heavy atom. The SMILES string of the molecule is C.C.CCC[CH2][Sn]([CH2]CCC)([CH2]CCC)[c]1ccnnc1.COC(=O)c1cc(-c2ccnnc2)cc2c1c(C)cn2C(C)C.COC(=O)c1cc(Br)cc2c1c(C)cn2C(C)C. The Morgan fingerprint density at radius 1 is 0.645 bits per heavy atom. The first-order valence-corrected chi connectivity index (χ1v) is 29.7. The van der Waals surface area contributed by atoms with Gasteiger partial charge in [-0.3, -0.25) is 0 Å². The van der Waals surface area contributed by atoms with Crippen LogP contribution in [0.25, 0.3) is 32.9 Å². The van der Waals surface area contributed by atoms with E-state index < -0.39 is 18.4 Å². The number of aryl methyl sites for hydroxylation is 2. The molecule has 0 atom stereocenters. The van der Waals surface area contributed by atoms with Crippen molar-refractivity contribution in [1.29, 1.82) is 0 Å². The monoisotopic (exact) mass is 1020 g/mol. The van der Waals surface area contributed by atoms with E-state index in [1.54, 1.807) is 16.0 Å². The number of rotatable bonds is 15. The Labute approximate surface area is 384 Å². The number of fused-ring (bicyclic) bond motifs is 2. The molecule has 0 aliphatic rings. The first kappa shape index (κ1) is 54.0. The van der Waals surface area contributed by atoms with Gasteiger partial charge in [0.25, 0.3) is 0 Å². The normalized spacial score (nSPS) is 11.0. The van der Waals surface area contributed by atoms with Crippen LogP contribution in [0.15, 0.2) is 78.1 Å². The summed E-state index contributed by atoms with van der Waals surface area (Å²) in [5, 5.41) is 17.8. The van der Waals surface area contributed by atoms with Crippen LogP contribution in [-0.2, 0) is 9.47 Å². The Kier molecular flexibility index (Phi) is 22.5. The third-order valence-electron chi connectivity index (χ3n) is 11.3. The summed E-state index contributed by atoms with van der Waals surface area (Å²) in [6.07, 6.45) is 19.7. The molecule has 62 heavy (non-hydrogen) atoms. The first-order valence-electron chi connectivity index (χ1n) is 21.4. The van der Waals surface area contributed by atoms with Gasteiger partial charge in [0.2, 0.25) is 0 Å². The molecule has 338 valence electrons. The third-order valence-corrected chi connectivity index (χ3v) is 27.3. The van der Waals surface area contributed by atoms with Crippen LogP contribution in [0.3, 0.4) is 0 Å². The number of benzene rings is 2. The van der Waals surface area contributed by atoms with Gasteiger partial charge in [0, 0.05) is 50.8 Å². The fraction of sp³-hybridized carbons (Fsp3) is 0.480. The second-order valence-corrected chi connectivity index (χ2v) is 30.4. The molecule has 10 nitrogen and oxygen atoms in total. The van der Waals surface area contributed by atoms with E-state index in [-0.39, 0.29) is 26.8 Å². The van der Waals surface area contributed by atoms with Gasteiger partial charge in [-0.25, -0.2) is 9.59 Å². The zero-order valence-corrected chi connectivity index (χ0v) is 42.1. The summed E-state index contributed by atoms with van der Waals surface area (Å²) >= 11 is 1.25. The minimum atomic E-state index is -2.20. The van der Waals surface area contributed by atoms with Crippen molar-refractivity contribution in [2.24, 2.45) is 0 Å². The maximum atomic E-state index is 12.3. The molecule has 4 aromatic heterocycles. The minimum Gasteiger partial charge on any atom is -0.465 e. The number of halogens is 1. The van der Waals surface area contributed by atoms with Gasteiger partial charge in [0.1, 0.15) is 0 Å². The van der Waals surface area contributed by atoms with Crippen molar-refractivity contribution in [2.45, 2.75) is 141 Å². The molecule has 0 spiro atoms. The molecule has 0 bridgehead atoms. The molecule has 0 N–H and O–H groups in total. The number of esters is 2. The zero-order chi connectivity index (χ0) is 44.0. The summed E-state index contributed by atoms with van der Waals surface area (Å²) in [6.45, 7) is 19.5. The van der Waals surface area contributed by atoms with Crippen LogP contribution < -0.4 is 3.58 Å². The summed E-state index contributed by atoms with van der Waals surface area (Å²) in [5.41, 5.74) is 7.26. The van der Waals surface area contributed by atoms with E-state index in [9.17, 15) is 9.59 Å². The number of aromatic nitrogens is 6. The van der Waals surface area contributed by atoms with E-state index in [0.29, 0.717) is 23.2 Å². The van der Waals surface area contributed by atoms with Crippen LogP contribution in [0.5, 0.6) is 0 Å². The van der Waals surface area contributed by atoms with Gasteiger partial charge < -0.3 is 18.6 Å². The van der Waals surface area contributed by atoms with Crippen molar-refractivity contribution in [1.82, 2.24) is 29.5 Å². The van der Waals surface area contributed by atoms with Gasteiger partial charge in [-0.05, 0) is 88.6 Å². The minimum absolute atomic E-state index is 0. The van der Waals surface area contributed by atoms with Gasteiger partial charge in [-0.15, -0.1) is 0 Å². The standard InChI is InChI=1S/C18H19N3O2.C14H16BrNO2.C4H3N2.3C4H9.2CH4.Sn/c1-11(2)21-10-12(3)17-15(18(22)23-4)7-14(8-16(17)21)13-5-6-19-20-9-13;1-8(2)16-7-9(3)13-11(14(17)18-4)5-10(15)6-12(13)16;1-2-4-6-5-3-1;3*1-3-4-2;;;/h5-11H,1-4H3;5-8H,1-4H3;1,3-4H;3*1,3-4H2,2H3;2*1H4;. The predicted octanol–water partition coefficient (Wildman–Crippen LogP) is 13.7. The number of methoxy groups -OCH3 is 2. The molecule has 0 saturated carbocycles. The number of hydrogen-bond donors (Lipinski definition) is 0. The Hall–Kier alpha value is -4.10. The molecular formula is C50H73BrN6O4Sn. The Balaban J connectivity index is 0.000000318. The van der Waals surface area contributed by atoms with Gasteiger partial charge in [-0.2, -0.15) is 10.2 Å². The van der Waals surface area contributed by atoms with Crippen molar-refractivity contribution in [2.75, 3.05) is 14.2 Å². The van der Waals surface area contributed by atoms with Gasteiger partial charge in [-0.1, -0.05) is 30.8 Å². The topological polar surface area (TPSA) is 114 Å². The molecule has 0 amide bonds. The second kappa shape index (κ2) is 25.9. The van der Waals surface area contributed by atoms with Crippen LogP contribution in [0.1, 0.15) is 146 Å². The van der Waals surface area contributed by atoms with Gasteiger partial charge in [0.05, 0.1) is 43.3 Å². The van der Waals surface area contributed by atoms with E-state index in [0.717, 1.165) is 48.5 Å². The largest absolute Gasteiger partial charge is 0.465 e. The summed E-state index contributed by atoms with van der Waals surface area (Å²) in [6, 6.07) is 12.6. The number of unbranched alkanes of at least 4 members (excludes halogenated alkanes) is 3. The molecule has 0 saturated heterocycles. The first-order chi connectivity index (χ1) is 28.8. The van der Waals surface area contributed by atoms with Crippen molar-refractivity contribution in [3.05, 3.63) is 100 Å². The van der Waals surface area contributed by atoms with Crippen molar-refractivity contribution in [3.8, 4) is 11.1 Å². The fourth-order valence-electron chi connectivity index (χ4n) is 8.12. The molecule has 12 heteroatoms. The summed E-state index contributed by atoms with van der Waals surface area (Å²) in [4.78, 5) is 24.1. The van der Waals surface area contributed by atoms with E-state index in [1.807, 2.05) is 44.3 Å². The predicted molar refractivity (Wildman–Crippen MR) is 266 cm³/mol.